The van der Waals surface area contributed by atoms with Crippen molar-refractivity contribution in [3.05, 3.63) is 65.0 Å². The van der Waals surface area contributed by atoms with Gasteiger partial charge in [0.15, 0.2) is 17.5 Å². The molecular weight excluding hydrogens is 534 g/mol. The van der Waals surface area contributed by atoms with Crippen LogP contribution in [-0.4, -0.2) is 44.0 Å². The highest BCUT2D eigenvalue weighted by Crippen LogP contribution is 2.30. The van der Waals surface area contributed by atoms with Crippen LogP contribution in [-0.2, 0) is 6.54 Å². The summed E-state index contributed by atoms with van der Waals surface area (Å²) in [5.74, 6) is 1.16. The number of carbonyl (C=O) groups is 1. The average Bonchev–Trinajstić information content (AvgIpc) is 3.61. The number of nitrogens with zero attached hydrogens (tertiary/aromatic N) is 2. The highest BCUT2D eigenvalue weighted by Gasteiger charge is 2.22. The third-order valence-electron chi connectivity index (χ3n) is 5.35. The molecule has 6 nitrogen and oxygen atoms in total. The van der Waals surface area contributed by atoms with Gasteiger partial charge in [0.05, 0.1) is 19.2 Å². The van der Waals surface area contributed by atoms with Gasteiger partial charge in [0.1, 0.15) is 0 Å². The lowest BCUT2D eigenvalue weighted by Gasteiger charge is -2.19. The van der Waals surface area contributed by atoms with E-state index in [-0.39, 0.29) is 41.7 Å². The summed E-state index contributed by atoms with van der Waals surface area (Å²) < 4.78 is 20.0. The van der Waals surface area contributed by atoms with Gasteiger partial charge in [0.25, 0.3) is 5.91 Å². The van der Waals surface area contributed by atoms with Gasteiger partial charge in [0.2, 0.25) is 0 Å². The SMILES string of the molecule is CCNC(=NCc1ccc(C(=O)N(C)C)cc1)NC(C)c1ccc(OCC2CC2)c(F)c1.I. The van der Waals surface area contributed by atoms with Crippen LogP contribution >= 0.6 is 24.0 Å². The first-order valence-electron chi connectivity index (χ1n) is 11.1. The summed E-state index contributed by atoms with van der Waals surface area (Å²) in [6.07, 6.45) is 2.34. The lowest BCUT2D eigenvalue weighted by atomic mass is 10.1. The van der Waals surface area contributed by atoms with Crippen LogP contribution in [0.15, 0.2) is 47.5 Å². The number of guanidine groups is 1. The molecule has 1 aliphatic carbocycles. The van der Waals surface area contributed by atoms with Crippen molar-refractivity contribution in [3.63, 3.8) is 0 Å². The Kier molecular flexibility index (Phi) is 10.4. The van der Waals surface area contributed by atoms with E-state index >= 15 is 0 Å². The molecule has 180 valence electrons. The van der Waals surface area contributed by atoms with Crippen LogP contribution in [0.25, 0.3) is 0 Å². The van der Waals surface area contributed by atoms with Crippen molar-refractivity contribution in [1.29, 1.82) is 0 Å². The highest BCUT2D eigenvalue weighted by atomic mass is 127. The minimum atomic E-state index is -0.342. The fraction of sp³-hybridized carbons (Fsp3) is 0.440. The number of halogens is 2. The van der Waals surface area contributed by atoms with Crippen molar-refractivity contribution >= 4 is 35.8 Å². The van der Waals surface area contributed by atoms with E-state index in [1.54, 1.807) is 25.1 Å². The maximum Gasteiger partial charge on any atom is 0.253 e. The molecule has 33 heavy (non-hydrogen) atoms. The second kappa shape index (κ2) is 12.8. The quantitative estimate of drug-likeness (QED) is 0.261. The maximum absolute atomic E-state index is 14.4. The first-order valence-corrected chi connectivity index (χ1v) is 11.1. The van der Waals surface area contributed by atoms with Gasteiger partial charge in [-0.15, -0.1) is 24.0 Å². The highest BCUT2D eigenvalue weighted by molar-refractivity contribution is 14.0. The number of aliphatic imine (C=N–C) groups is 1. The van der Waals surface area contributed by atoms with Gasteiger partial charge in [-0.1, -0.05) is 18.2 Å². The minimum absolute atomic E-state index is 0. The van der Waals surface area contributed by atoms with Crippen molar-refractivity contribution in [2.24, 2.45) is 10.9 Å². The average molecular weight is 568 g/mol. The standard InChI is InChI=1S/C25H33FN4O2.HI/c1-5-27-25(28-15-18-8-10-20(11-9-18)24(31)30(3)4)29-17(2)21-12-13-23(22(26)14-21)32-16-19-6-7-19;/h8-14,17,19H,5-7,15-16H2,1-4H3,(H2,27,28,29);1H. The van der Waals surface area contributed by atoms with Gasteiger partial charge in [-0.05, 0) is 68.0 Å². The van der Waals surface area contributed by atoms with Crippen LogP contribution in [0.2, 0.25) is 0 Å². The molecule has 1 fully saturated rings. The molecule has 8 heteroatoms. The Morgan fingerprint density at radius 2 is 1.91 bits per heavy atom. The molecule has 1 saturated carbocycles. The number of hydrogen-bond acceptors (Lipinski definition) is 3. The van der Waals surface area contributed by atoms with Crippen LogP contribution in [0.3, 0.4) is 0 Å². The Balaban J connectivity index is 0.00000385. The molecule has 2 aromatic rings. The summed E-state index contributed by atoms with van der Waals surface area (Å²) in [7, 11) is 3.47. The Morgan fingerprint density at radius 1 is 1.21 bits per heavy atom. The van der Waals surface area contributed by atoms with E-state index in [1.807, 2.05) is 44.2 Å². The first-order chi connectivity index (χ1) is 15.4. The molecule has 1 aliphatic rings. The van der Waals surface area contributed by atoms with Gasteiger partial charge < -0.3 is 20.3 Å². The lowest BCUT2D eigenvalue weighted by Crippen LogP contribution is -2.38. The molecule has 0 heterocycles. The summed E-state index contributed by atoms with van der Waals surface area (Å²) in [5.41, 5.74) is 2.46. The van der Waals surface area contributed by atoms with Crippen molar-refractivity contribution in [2.45, 2.75) is 39.3 Å². The number of carbonyl (C=O) groups excluding carboxylic acids is 1. The van der Waals surface area contributed by atoms with E-state index in [0.29, 0.717) is 42.9 Å². The Bertz CT molecular complexity index is 946. The molecule has 0 radical (unpaired) electrons. The molecule has 2 N–H and O–H groups in total. The van der Waals surface area contributed by atoms with E-state index < -0.39 is 0 Å². The Morgan fingerprint density at radius 3 is 2.48 bits per heavy atom. The van der Waals surface area contributed by atoms with Crippen LogP contribution in [0, 0.1) is 11.7 Å². The topological polar surface area (TPSA) is 66.0 Å². The largest absolute Gasteiger partial charge is 0.490 e. The predicted molar refractivity (Wildman–Crippen MR) is 141 cm³/mol. The molecule has 1 atom stereocenters. The summed E-state index contributed by atoms with van der Waals surface area (Å²) in [6.45, 7) is 5.71. The fourth-order valence-electron chi connectivity index (χ4n) is 3.19. The molecule has 1 amide bonds. The predicted octanol–water partition coefficient (Wildman–Crippen LogP) is 4.75. The molecule has 3 rings (SSSR count). The second-order valence-electron chi connectivity index (χ2n) is 8.40. The molecule has 0 aliphatic heterocycles. The van der Waals surface area contributed by atoms with Crippen molar-refractivity contribution in [2.75, 3.05) is 27.2 Å². The normalized spacial score (nSPS) is 14.2. The third-order valence-corrected chi connectivity index (χ3v) is 5.35. The van der Waals surface area contributed by atoms with E-state index in [0.717, 1.165) is 11.1 Å². The lowest BCUT2D eigenvalue weighted by molar-refractivity contribution is 0.0827. The summed E-state index contributed by atoms with van der Waals surface area (Å²) in [5, 5.41) is 6.55. The van der Waals surface area contributed by atoms with Crippen molar-refractivity contribution in [1.82, 2.24) is 15.5 Å². The van der Waals surface area contributed by atoms with E-state index in [1.165, 1.54) is 18.9 Å². The third kappa shape index (κ3) is 8.17. The van der Waals surface area contributed by atoms with Gasteiger partial charge in [-0.2, -0.15) is 0 Å². The zero-order chi connectivity index (χ0) is 23.1. The van der Waals surface area contributed by atoms with Gasteiger partial charge in [-0.25, -0.2) is 9.38 Å². The Labute approximate surface area is 213 Å². The number of nitrogens with one attached hydrogen (secondary N) is 2. The molecular formula is C25H34FIN4O2. The molecule has 1 unspecified atom stereocenters. The van der Waals surface area contributed by atoms with Gasteiger partial charge in [0, 0.05) is 26.2 Å². The van der Waals surface area contributed by atoms with Crippen molar-refractivity contribution < 1.29 is 13.9 Å². The molecule has 0 aromatic heterocycles. The van der Waals surface area contributed by atoms with Crippen LogP contribution in [0.1, 0.15) is 54.2 Å². The minimum Gasteiger partial charge on any atom is -0.490 e. The second-order valence-corrected chi connectivity index (χ2v) is 8.40. The van der Waals surface area contributed by atoms with E-state index in [4.69, 9.17) is 4.74 Å². The maximum atomic E-state index is 14.4. The van der Waals surface area contributed by atoms with Gasteiger partial charge in [-0.3, -0.25) is 4.79 Å². The van der Waals surface area contributed by atoms with Crippen molar-refractivity contribution in [3.8, 4) is 5.75 Å². The smallest absolute Gasteiger partial charge is 0.253 e. The summed E-state index contributed by atoms with van der Waals surface area (Å²) in [6, 6.07) is 12.4. The molecule has 0 saturated heterocycles. The monoisotopic (exact) mass is 568 g/mol. The van der Waals surface area contributed by atoms with E-state index in [9.17, 15) is 9.18 Å². The van der Waals surface area contributed by atoms with Gasteiger partial charge >= 0.3 is 0 Å². The first kappa shape index (κ1) is 26.9. The number of ether oxygens (including phenoxy) is 1. The number of amides is 1. The van der Waals surface area contributed by atoms with Crippen LogP contribution < -0.4 is 15.4 Å². The fourth-order valence-corrected chi connectivity index (χ4v) is 3.19. The number of benzene rings is 2. The van der Waals surface area contributed by atoms with Crippen LogP contribution in [0.4, 0.5) is 4.39 Å². The molecule has 0 bridgehead atoms. The summed E-state index contributed by atoms with van der Waals surface area (Å²) >= 11 is 0. The summed E-state index contributed by atoms with van der Waals surface area (Å²) in [4.78, 5) is 18.2. The molecule has 0 spiro atoms. The molecule has 2 aromatic carbocycles. The van der Waals surface area contributed by atoms with Crippen LogP contribution in [0.5, 0.6) is 5.75 Å². The number of rotatable bonds is 9. The number of hydrogen-bond donors (Lipinski definition) is 2. The zero-order valence-electron chi connectivity index (χ0n) is 19.7. The Hall–Kier alpha value is -2.36. The van der Waals surface area contributed by atoms with E-state index in [2.05, 4.69) is 15.6 Å². The zero-order valence-corrected chi connectivity index (χ0v) is 22.1.